The van der Waals surface area contributed by atoms with E-state index in [2.05, 4.69) is 38.5 Å². The lowest BCUT2D eigenvalue weighted by atomic mass is 10.1. The fourth-order valence-corrected chi connectivity index (χ4v) is 2.60. The van der Waals surface area contributed by atoms with Crippen molar-refractivity contribution in [2.75, 3.05) is 16.8 Å². The van der Waals surface area contributed by atoms with Crippen molar-refractivity contribution in [3.05, 3.63) is 54.6 Å². The van der Waals surface area contributed by atoms with Crippen LogP contribution in [0.5, 0.6) is 0 Å². The topological polar surface area (TPSA) is 103 Å². The second-order valence-corrected chi connectivity index (χ2v) is 5.18. The molecule has 2 aromatic heterocycles. The molecule has 0 aliphatic carbocycles. The maximum atomic E-state index is 5.89. The Bertz CT molecular complexity index is 1020. The summed E-state index contributed by atoms with van der Waals surface area (Å²) < 4.78 is 0. The summed E-state index contributed by atoms with van der Waals surface area (Å²) in [6.07, 6.45) is 0. The standard InChI is InChI=1S/C17H14N6/c18-16-15-13(21-17(19)23-16)8-9-14(22-15)20-12-7-3-5-10-4-1-2-6-11(10)12/h1-9H,(H,20,22)(H4,18,19,21,23). The zero-order valence-electron chi connectivity index (χ0n) is 12.2. The molecule has 2 heterocycles. The second kappa shape index (κ2) is 5.10. The predicted octanol–water partition coefficient (Wildman–Crippen LogP) is 3.09. The number of anilines is 4. The molecule has 0 aliphatic rings. The number of nitrogen functional groups attached to an aromatic ring is 2. The Hall–Kier alpha value is -3.41. The van der Waals surface area contributed by atoms with E-state index >= 15 is 0 Å². The molecule has 0 saturated heterocycles. The molecule has 0 aliphatic heterocycles. The molecule has 6 nitrogen and oxygen atoms in total. The van der Waals surface area contributed by atoms with Crippen LogP contribution in [-0.2, 0) is 0 Å². The van der Waals surface area contributed by atoms with Crippen molar-refractivity contribution in [3.63, 3.8) is 0 Å². The first-order valence-corrected chi connectivity index (χ1v) is 7.15. The molecule has 4 rings (SSSR count). The average Bonchev–Trinajstić information content (AvgIpc) is 2.56. The average molecular weight is 302 g/mol. The van der Waals surface area contributed by atoms with Crippen LogP contribution in [-0.4, -0.2) is 15.0 Å². The number of pyridine rings is 1. The third kappa shape index (κ3) is 2.36. The molecular weight excluding hydrogens is 288 g/mol. The highest BCUT2D eigenvalue weighted by Crippen LogP contribution is 2.27. The Morgan fingerprint density at radius 3 is 2.52 bits per heavy atom. The van der Waals surface area contributed by atoms with E-state index in [1.165, 1.54) is 0 Å². The Morgan fingerprint density at radius 1 is 0.783 bits per heavy atom. The molecule has 0 bridgehead atoms. The van der Waals surface area contributed by atoms with Crippen LogP contribution in [0.2, 0.25) is 0 Å². The molecule has 0 fully saturated rings. The van der Waals surface area contributed by atoms with Gasteiger partial charge in [0, 0.05) is 11.1 Å². The van der Waals surface area contributed by atoms with Gasteiger partial charge in [-0.1, -0.05) is 36.4 Å². The van der Waals surface area contributed by atoms with Crippen LogP contribution in [0.1, 0.15) is 0 Å². The highest BCUT2D eigenvalue weighted by molar-refractivity contribution is 5.95. The van der Waals surface area contributed by atoms with E-state index in [1.807, 2.05) is 36.4 Å². The third-order valence-electron chi connectivity index (χ3n) is 3.64. The van der Waals surface area contributed by atoms with Gasteiger partial charge in [0.1, 0.15) is 11.3 Å². The van der Waals surface area contributed by atoms with Gasteiger partial charge in [-0.2, -0.15) is 4.98 Å². The van der Waals surface area contributed by atoms with Crippen molar-refractivity contribution < 1.29 is 0 Å². The van der Waals surface area contributed by atoms with E-state index < -0.39 is 0 Å². The second-order valence-electron chi connectivity index (χ2n) is 5.18. The molecular formula is C17H14N6. The SMILES string of the molecule is Nc1nc(N)c2nc(Nc3cccc4ccccc34)ccc2n1. The first-order chi connectivity index (χ1) is 11.2. The Labute approximate surface area is 132 Å². The van der Waals surface area contributed by atoms with Crippen molar-refractivity contribution in [1.82, 2.24) is 15.0 Å². The number of fused-ring (bicyclic) bond motifs is 2. The molecule has 0 atom stereocenters. The lowest BCUT2D eigenvalue weighted by Crippen LogP contribution is -2.03. The number of rotatable bonds is 2. The molecule has 0 saturated carbocycles. The molecule has 2 aromatic carbocycles. The molecule has 6 heteroatoms. The summed E-state index contributed by atoms with van der Waals surface area (Å²) in [6, 6.07) is 17.9. The summed E-state index contributed by atoms with van der Waals surface area (Å²) in [4.78, 5) is 12.6. The van der Waals surface area contributed by atoms with E-state index in [0.29, 0.717) is 16.9 Å². The molecule has 0 amide bonds. The number of hydrogen-bond acceptors (Lipinski definition) is 6. The van der Waals surface area contributed by atoms with Crippen LogP contribution in [0.15, 0.2) is 54.6 Å². The summed E-state index contributed by atoms with van der Waals surface area (Å²) in [5.41, 5.74) is 13.6. The predicted molar refractivity (Wildman–Crippen MR) is 93.4 cm³/mol. The van der Waals surface area contributed by atoms with Gasteiger partial charge in [-0.05, 0) is 23.6 Å². The maximum Gasteiger partial charge on any atom is 0.222 e. The summed E-state index contributed by atoms with van der Waals surface area (Å²) >= 11 is 0. The molecule has 0 spiro atoms. The van der Waals surface area contributed by atoms with Gasteiger partial charge in [-0.15, -0.1) is 0 Å². The summed E-state index contributed by atoms with van der Waals surface area (Å²) in [6.45, 7) is 0. The summed E-state index contributed by atoms with van der Waals surface area (Å²) in [5.74, 6) is 1.09. The van der Waals surface area contributed by atoms with Crippen molar-refractivity contribution in [3.8, 4) is 0 Å². The number of nitrogens with two attached hydrogens (primary N) is 2. The summed E-state index contributed by atoms with van der Waals surface area (Å²) in [5, 5.41) is 5.61. The van der Waals surface area contributed by atoms with E-state index in [9.17, 15) is 0 Å². The van der Waals surface area contributed by atoms with Crippen LogP contribution in [0, 0.1) is 0 Å². The van der Waals surface area contributed by atoms with Crippen molar-refractivity contribution in [1.29, 1.82) is 0 Å². The highest BCUT2D eigenvalue weighted by atomic mass is 15.1. The van der Waals surface area contributed by atoms with Crippen LogP contribution in [0.4, 0.5) is 23.3 Å². The van der Waals surface area contributed by atoms with E-state index in [4.69, 9.17) is 11.5 Å². The van der Waals surface area contributed by atoms with Crippen LogP contribution >= 0.6 is 0 Å². The molecule has 4 aromatic rings. The van der Waals surface area contributed by atoms with E-state index in [1.54, 1.807) is 0 Å². The zero-order chi connectivity index (χ0) is 15.8. The first kappa shape index (κ1) is 13.3. The zero-order valence-corrected chi connectivity index (χ0v) is 12.2. The Morgan fingerprint density at radius 2 is 1.61 bits per heavy atom. The lowest BCUT2D eigenvalue weighted by Gasteiger charge is -2.10. The van der Waals surface area contributed by atoms with Crippen LogP contribution in [0.3, 0.4) is 0 Å². The van der Waals surface area contributed by atoms with Gasteiger partial charge in [0.05, 0.1) is 5.52 Å². The minimum Gasteiger partial charge on any atom is -0.382 e. The lowest BCUT2D eigenvalue weighted by molar-refractivity contribution is 1.22. The largest absolute Gasteiger partial charge is 0.382 e. The van der Waals surface area contributed by atoms with Crippen molar-refractivity contribution >= 4 is 45.1 Å². The van der Waals surface area contributed by atoms with Gasteiger partial charge in [-0.3, -0.25) is 0 Å². The number of aromatic nitrogens is 3. The molecule has 0 radical (unpaired) electrons. The smallest absolute Gasteiger partial charge is 0.222 e. The van der Waals surface area contributed by atoms with Gasteiger partial charge >= 0.3 is 0 Å². The van der Waals surface area contributed by atoms with Gasteiger partial charge < -0.3 is 16.8 Å². The molecule has 112 valence electrons. The number of benzene rings is 2. The van der Waals surface area contributed by atoms with Gasteiger partial charge in [0.25, 0.3) is 0 Å². The molecule has 0 unspecified atom stereocenters. The van der Waals surface area contributed by atoms with Crippen LogP contribution < -0.4 is 16.8 Å². The minimum atomic E-state index is 0.145. The van der Waals surface area contributed by atoms with Crippen molar-refractivity contribution in [2.24, 2.45) is 0 Å². The fourth-order valence-electron chi connectivity index (χ4n) is 2.60. The highest BCUT2D eigenvalue weighted by Gasteiger charge is 2.07. The van der Waals surface area contributed by atoms with Gasteiger partial charge in [0.2, 0.25) is 5.95 Å². The quantitative estimate of drug-likeness (QED) is 0.526. The summed E-state index contributed by atoms with van der Waals surface area (Å²) in [7, 11) is 0. The fraction of sp³-hybridized carbons (Fsp3) is 0. The minimum absolute atomic E-state index is 0.145. The van der Waals surface area contributed by atoms with E-state index in [-0.39, 0.29) is 11.8 Å². The van der Waals surface area contributed by atoms with Crippen molar-refractivity contribution in [2.45, 2.75) is 0 Å². The van der Waals surface area contributed by atoms with Crippen LogP contribution in [0.25, 0.3) is 21.8 Å². The number of nitrogens with one attached hydrogen (secondary N) is 1. The maximum absolute atomic E-state index is 5.89. The number of hydrogen-bond donors (Lipinski definition) is 3. The molecule has 23 heavy (non-hydrogen) atoms. The van der Waals surface area contributed by atoms with E-state index in [0.717, 1.165) is 16.5 Å². The molecule has 5 N–H and O–H groups in total. The normalized spacial score (nSPS) is 11.0. The number of nitrogens with zero attached hydrogens (tertiary/aromatic N) is 3. The first-order valence-electron chi connectivity index (χ1n) is 7.15. The third-order valence-corrected chi connectivity index (χ3v) is 3.64. The Kier molecular flexibility index (Phi) is 2.94. The Balaban J connectivity index is 1.80. The monoisotopic (exact) mass is 302 g/mol. The van der Waals surface area contributed by atoms with Gasteiger partial charge in [0.15, 0.2) is 5.82 Å². The van der Waals surface area contributed by atoms with Gasteiger partial charge in [-0.25, -0.2) is 9.97 Å².